The number of anilines is 1. The minimum atomic E-state index is -3.76. The Hall–Kier alpha value is -1.67. The number of nitrogen functional groups attached to an aromatic ring is 1. The third-order valence-corrected chi connectivity index (χ3v) is 5.20. The van der Waals surface area contributed by atoms with Crippen LogP contribution in [0, 0.1) is 10.1 Å². The predicted molar refractivity (Wildman–Crippen MR) is 79.3 cm³/mol. The fourth-order valence-corrected chi connectivity index (χ4v) is 3.86. The van der Waals surface area contributed by atoms with Crippen molar-refractivity contribution >= 4 is 21.4 Å². The molecular formula is C13H19N3O4S. The van der Waals surface area contributed by atoms with Crippen LogP contribution < -0.4 is 10.5 Å². The standard InChI is InChI=1S/C13H19N3O4S/c14-12-8-7-11(9-13(12)16(17)18)21(19,20)15-10-5-3-1-2-4-6-10/h7-10,15H,1-6,14H2. The minimum Gasteiger partial charge on any atom is -0.393 e. The zero-order chi connectivity index (χ0) is 15.5. The van der Waals surface area contributed by atoms with E-state index in [1.807, 2.05) is 0 Å². The van der Waals surface area contributed by atoms with Crippen molar-refractivity contribution in [1.82, 2.24) is 4.72 Å². The first-order valence-electron chi connectivity index (χ1n) is 6.96. The monoisotopic (exact) mass is 313 g/mol. The summed E-state index contributed by atoms with van der Waals surface area (Å²) in [6.45, 7) is 0. The van der Waals surface area contributed by atoms with Gasteiger partial charge in [0.25, 0.3) is 5.69 Å². The molecule has 1 aliphatic carbocycles. The molecule has 1 fully saturated rings. The largest absolute Gasteiger partial charge is 0.393 e. The highest BCUT2D eigenvalue weighted by molar-refractivity contribution is 7.89. The molecule has 0 heterocycles. The number of nitrogens with zero attached hydrogens (tertiary/aromatic N) is 1. The van der Waals surface area contributed by atoms with Gasteiger partial charge in [-0.2, -0.15) is 0 Å². The van der Waals surface area contributed by atoms with Gasteiger partial charge in [-0.3, -0.25) is 10.1 Å². The second kappa shape index (κ2) is 6.40. The molecule has 7 nitrogen and oxygen atoms in total. The van der Waals surface area contributed by atoms with Crippen molar-refractivity contribution in [2.75, 3.05) is 5.73 Å². The van der Waals surface area contributed by atoms with Gasteiger partial charge in [-0.1, -0.05) is 25.7 Å². The first-order chi connectivity index (χ1) is 9.90. The van der Waals surface area contributed by atoms with Crippen molar-refractivity contribution in [3.63, 3.8) is 0 Å². The van der Waals surface area contributed by atoms with Crippen LogP contribution >= 0.6 is 0 Å². The average Bonchev–Trinajstić information content (AvgIpc) is 2.66. The van der Waals surface area contributed by atoms with Crippen LogP contribution in [0.3, 0.4) is 0 Å². The lowest BCUT2D eigenvalue weighted by atomic mass is 10.1. The summed E-state index contributed by atoms with van der Waals surface area (Å²) < 4.78 is 27.3. The van der Waals surface area contributed by atoms with Crippen molar-refractivity contribution in [1.29, 1.82) is 0 Å². The van der Waals surface area contributed by atoms with Crippen molar-refractivity contribution in [2.45, 2.75) is 49.5 Å². The van der Waals surface area contributed by atoms with E-state index in [4.69, 9.17) is 5.73 Å². The van der Waals surface area contributed by atoms with Gasteiger partial charge in [0.2, 0.25) is 10.0 Å². The normalized spacial score (nSPS) is 17.3. The van der Waals surface area contributed by atoms with E-state index < -0.39 is 20.6 Å². The van der Waals surface area contributed by atoms with E-state index in [0.717, 1.165) is 44.6 Å². The topological polar surface area (TPSA) is 115 Å². The molecule has 8 heteroatoms. The highest BCUT2D eigenvalue weighted by Crippen LogP contribution is 2.26. The molecule has 116 valence electrons. The van der Waals surface area contributed by atoms with E-state index in [1.54, 1.807) is 0 Å². The summed E-state index contributed by atoms with van der Waals surface area (Å²) in [4.78, 5) is 10.0. The molecule has 0 bridgehead atoms. The Morgan fingerprint density at radius 3 is 2.38 bits per heavy atom. The number of sulfonamides is 1. The summed E-state index contributed by atoms with van der Waals surface area (Å²) in [6.07, 6.45) is 5.83. The molecule has 0 atom stereocenters. The van der Waals surface area contributed by atoms with Crippen molar-refractivity contribution < 1.29 is 13.3 Å². The molecule has 0 saturated heterocycles. The summed E-state index contributed by atoms with van der Waals surface area (Å²) >= 11 is 0. The van der Waals surface area contributed by atoms with Crippen LogP contribution in [0.25, 0.3) is 0 Å². The molecule has 0 amide bonds. The van der Waals surface area contributed by atoms with Gasteiger partial charge in [-0.15, -0.1) is 0 Å². The zero-order valence-electron chi connectivity index (χ0n) is 11.6. The van der Waals surface area contributed by atoms with Gasteiger partial charge in [0, 0.05) is 12.1 Å². The summed E-state index contributed by atoms with van der Waals surface area (Å²) in [6, 6.07) is 3.45. The molecule has 1 aliphatic rings. The van der Waals surface area contributed by atoms with Gasteiger partial charge >= 0.3 is 0 Å². The van der Waals surface area contributed by atoms with Crippen molar-refractivity contribution in [3.8, 4) is 0 Å². The molecule has 21 heavy (non-hydrogen) atoms. The molecule has 0 aliphatic heterocycles. The van der Waals surface area contributed by atoms with Crippen LogP contribution in [0.5, 0.6) is 0 Å². The van der Waals surface area contributed by atoms with Crippen LogP contribution in [0.4, 0.5) is 11.4 Å². The van der Waals surface area contributed by atoms with Gasteiger partial charge in [0.15, 0.2) is 0 Å². The number of nitro groups is 1. The molecule has 1 aromatic rings. The number of benzene rings is 1. The van der Waals surface area contributed by atoms with Gasteiger partial charge in [0.05, 0.1) is 9.82 Å². The Kier molecular flexibility index (Phi) is 4.79. The molecule has 1 aromatic carbocycles. The maximum absolute atomic E-state index is 12.3. The zero-order valence-corrected chi connectivity index (χ0v) is 12.4. The van der Waals surface area contributed by atoms with E-state index in [2.05, 4.69) is 4.72 Å². The first-order valence-corrected chi connectivity index (χ1v) is 8.45. The lowest BCUT2D eigenvalue weighted by Crippen LogP contribution is -2.34. The summed E-state index contributed by atoms with van der Waals surface area (Å²) in [5.74, 6) is 0. The highest BCUT2D eigenvalue weighted by atomic mass is 32.2. The van der Waals surface area contributed by atoms with Gasteiger partial charge in [0.1, 0.15) is 5.69 Å². The minimum absolute atomic E-state index is 0.0478. The molecule has 0 spiro atoms. The number of nitrogens with one attached hydrogen (secondary N) is 1. The molecule has 2 rings (SSSR count). The second-order valence-electron chi connectivity index (χ2n) is 5.29. The number of nitrogens with two attached hydrogens (primary N) is 1. The lowest BCUT2D eigenvalue weighted by Gasteiger charge is -2.16. The van der Waals surface area contributed by atoms with Gasteiger partial charge < -0.3 is 5.73 Å². The predicted octanol–water partition coefficient (Wildman–Crippen LogP) is 2.18. The number of hydrogen-bond acceptors (Lipinski definition) is 5. The average molecular weight is 313 g/mol. The Morgan fingerprint density at radius 2 is 1.81 bits per heavy atom. The maximum atomic E-state index is 12.3. The van der Waals surface area contributed by atoms with Gasteiger partial charge in [-0.25, -0.2) is 13.1 Å². The maximum Gasteiger partial charge on any atom is 0.293 e. The van der Waals surface area contributed by atoms with Gasteiger partial charge in [-0.05, 0) is 25.0 Å². The third kappa shape index (κ3) is 3.92. The quantitative estimate of drug-likeness (QED) is 0.382. The molecule has 0 unspecified atom stereocenters. The smallest absolute Gasteiger partial charge is 0.293 e. The van der Waals surface area contributed by atoms with Crippen LogP contribution in [0.1, 0.15) is 38.5 Å². The number of rotatable bonds is 4. The molecule has 3 N–H and O–H groups in total. The van der Waals surface area contributed by atoms with Crippen LogP contribution in [0.15, 0.2) is 23.1 Å². The summed E-state index contributed by atoms with van der Waals surface area (Å²) in [7, 11) is -3.76. The SMILES string of the molecule is Nc1ccc(S(=O)(=O)NC2CCCCCC2)cc1[N+](=O)[O-]. The number of nitro benzene ring substituents is 1. The fraction of sp³-hybridized carbons (Fsp3) is 0.538. The van der Waals surface area contributed by atoms with E-state index in [1.165, 1.54) is 12.1 Å². The summed E-state index contributed by atoms with van der Waals surface area (Å²) in [5, 5.41) is 10.8. The van der Waals surface area contributed by atoms with E-state index in [-0.39, 0.29) is 16.6 Å². The van der Waals surface area contributed by atoms with Crippen LogP contribution in [-0.4, -0.2) is 19.4 Å². The molecule has 1 saturated carbocycles. The first kappa shape index (κ1) is 15.7. The summed E-state index contributed by atoms with van der Waals surface area (Å²) in [5.41, 5.74) is 5.04. The van der Waals surface area contributed by atoms with E-state index in [9.17, 15) is 18.5 Å². The third-order valence-electron chi connectivity index (χ3n) is 3.69. The Balaban J connectivity index is 2.22. The highest BCUT2D eigenvalue weighted by Gasteiger charge is 2.24. The van der Waals surface area contributed by atoms with Crippen LogP contribution in [-0.2, 0) is 10.0 Å². The van der Waals surface area contributed by atoms with Crippen LogP contribution in [0.2, 0.25) is 0 Å². The Bertz CT molecular complexity index is 622. The molecular weight excluding hydrogens is 294 g/mol. The van der Waals surface area contributed by atoms with Crippen molar-refractivity contribution in [2.24, 2.45) is 0 Å². The van der Waals surface area contributed by atoms with Crippen molar-refractivity contribution in [3.05, 3.63) is 28.3 Å². The molecule has 0 aromatic heterocycles. The second-order valence-corrected chi connectivity index (χ2v) is 7.00. The Labute approximate surface area is 123 Å². The lowest BCUT2D eigenvalue weighted by molar-refractivity contribution is -0.384. The Morgan fingerprint density at radius 1 is 1.19 bits per heavy atom. The van der Waals surface area contributed by atoms with E-state index in [0.29, 0.717) is 0 Å². The molecule has 0 radical (unpaired) electrons. The number of hydrogen-bond donors (Lipinski definition) is 2. The van der Waals surface area contributed by atoms with E-state index >= 15 is 0 Å². The fourth-order valence-electron chi connectivity index (χ4n) is 2.53.